The van der Waals surface area contributed by atoms with Gasteiger partial charge < -0.3 is 10.0 Å². The van der Waals surface area contributed by atoms with Crippen LogP contribution in [0.25, 0.3) is 10.9 Å². The minimum absolute atomic E-state index is 0.129. The second-order valence-corrected chi connectivity index (χ2v) is 4.71. The summed E-state index contributed by atoms with van der Waals surface area (Å²) in [6.45, 7) is 0.770. The van der Waals surface area contributed by atoms with Gasteiger partial charge in [0.15, 0.2) is 0 Å². The average Bonchev–Trinajstić information content (AvgIpc) is 3.06. The number of carbonyl (C=O) groups excluding carboxylic acids is 1. The number of benzene rings is 1. The predicted molar refractivity (Wildman–Crippen MR) is 67.7 cm³/mol. The van der Waals surface area contributed by atoms with E-state index in [4.69, 9.17) is 5.11 Å². The van der Waals surface area contributed by atoms with Crippen LogP contribution in [-0.2, 0) is 4.79 Å². The zero-order chi connectivity index (χ0) is 13.4. The fourth-order valence-corrected chi connectivity index (χ4v) is 2.47. The lowest BCUT2D eigenvalue weighted by atomic mass is 10.1. The third-order valence-electron chi connectivity index (χ3n) is 3.54. The van der Waals surface area contributed by atoms with E-state index in [1.807, 2.05) is 6.07 Å². The number of likely N-dealkylation sites (tertiary alicyclic amines) is 1. The number of hydrogen-bond acceptors (Lipinski definition) is 3. The maximum Gasteiger partial charge on any atom is 0.308 e. The van der Waals surface area contributed by atoms with Crippen LogP contribution in [0.2, 0.25) is 0 Å². The van der Waals surface area contributed by atoms with Gasteiger partial charge in [-0.05, 0) is 18.6 Å². The SMILES string of the molecule is O=C(O)C1CCN(C(=O)c2cccc3[nH]ncc23)C1. The molecule has 1 aromatic carbocycles. The van der Waals surface area contributed by atoms with E-state index in [0.29, 0.717) is 18.5 Å². The number of fused-ring (bicyclic) bond motifs is 1. The van der Waals surface area contributed by atoms with Crippen LogP contribution < -0.4 is 0 Å². The van der Waals surface area contributed by atoms with Crippen molar-refractivity contribution >= 4 is 22.8 Å². The Morgan fingerprint density at radius 1 is 1.42 bits per heavy atom. The molecule has 19 heavy (non-hydrogen) atoms. The van der Waals surface area contributed by atoms with Gasteiger partial charge >= 0.3 is 5.97 Å². The number of aliphatic carboxylic acids is 1. The number of nitrogens with one attached hydrogen (secondary N) is 1. The van der Waals surface area contributed by atoms with E-state index < -0.39 is 11.9 Å². The molecular formula is C13H13N3O3. The second-order valence-electron chi connectivity index (χ2n) is 4.71. The summed E-state index contributed by atoms with van der Waals surface area (Å²) < 4.78 is 0. The lowest BCUT2D eigenvalue weighted by Crippen LogP contribution is -2.30. The summed E-state index contributed by atoms with van der Waals surface area (Å²) in [4.78, 5) is 24.9. The highest BCUT2D eigenvalue weighted by Crippen LogP contribution is 2.22. The lowest BCUT2D eigenvalue weighted by molar-refractivity contribution is -0.141. The molecule has 1 atom stereocenters. The molecule has 98 valence electrons. The van der Waals surface area contributed by atoms with Crippen molar-refractivity contribution in [2.45, 2.75) is 6.42 Å². The minimum Gasteiger partial charge on any atom is -0.481 e. The Labute approximate surface area is 109 Å². The van der Waals surface area contributed by atoms with Gasteiger partial charge in [-0.2, -0.15) is 5.10 Å². The molecule has 1 aromatic heterocycles. The summed E-state index contributed by atoms with van der Waals surface area (Å²) in [7, 11) is 0. The number of carboxylic acid groups (broad SMARTS) is 1. The van der Waals surface area contributed by atoms with Crippen molar-refractivity contribution < 1.29 is 14.7 Å². The molecule has 2 aromatic rings. The van der Waals surface area contributed by atoms with Crippen molar-refractivity contribution in [3.05, 3.63) is 30.0 Å². The van der Waals surface area contributed by atoms with E-state index in [9.17, 15) is 9.59 Å². The Hall–Kier alpha value is -2.37. The number of H-pyrrole nitrogens is 1. The monoisotopic (exact) mass is 259 g/mol. The first-order chi connectivity index (χ1) is 9.16. The van der Waals surface area contributed by atoms with Gasteiger partial charge in [0.05, 0.1) is 23.2 Å². The summed E-state index contributed by atoms with van der Waals surface area (Å²) in [5.41, 5.74) is 1.37. The van der Waals surface area contributed by atoms with Crippen molar-refractivity contribution in [2.75, 3.05) is 13.1 Å². The number of carbonyl (C=O) groups is 2. The number of nitrogens with zero attached hydrogens (tertiary/aromatic N) is 2. The van der Waals surface area contributed by atoms with Gasteiger partial charge in [0.2, 0.25) is 0 Å². The van der Waals surface area contributed by atoms with Crippen LogP contribution in [0.1, 0.15) is 16.8 Å². The highest BCUT2D eigenvalue weighted by molar-refractivity contribution is 6.06. The predicted octanol–water partition coefficient (Wildman–Crippen LogP) is 1.11. The van der Waals surface area contributed by atoms with Gasteiger partial charge in [-0.15, -0.1) is 0 Å². The number of aromatic nitrogens is 2. The van der Waals surface area contributed by atoms with Crippen LogP contribution in [0.4, 0.5) is 0 Å². The zero-order valence-electron chi connectivity index (χ0n) is 10.2. The number of hydrogen-bond donors (Lipinski definition) is 2. The molecule has 0 bridgehead atoms. The first-order valence-electron chi connectivity index (χ1n) is 6.11. The molecule has 1 fully saturated rings. The van der Waals surface area contributed by atoms with Crippen molar-refractivity contribution in [1.29, 1.82) is 0 Å². The van der Waals surface area contributed by atoms with Gasteiger partial charge in [0.1, 0.15) is 0 Å². The van der Waals surface area contributed by atoms with E-state index >= 15 is 0 Å². The largest absolute Gasteiger partial charge is 0.481 e. The first kappa shape index (κ1) is 11.7. The van der Waals surface area contributed by atoms with Crippen LogP contribution in [-0.4, -0.2) is 45.2 Å². The Kier molecular flexibility index (Phi) is 2.70. The normalized spacial score (nSPS) is 18.9. The van der Waals surface area contributed by atoms with Gasteiger partial charge in [0, 0.05) is 18.5 Å². The third-order valence-corrected chi connectivity index (χ3v) is 3.54. The molecule has 1 amide bonds. The molecule has 1 unspecified atom stereocenters. The maximum absolute atomic E-state index is 12.4. The number of aromatic amines is 1. The standard InChI is InChI=1S/C13H13N3O3/c17-12(16-5-4-8(7-16)13(18)19)9-2-1-3-11-10(9)6-14-15-11/h1-3,6,8H,4-5,7H2,(H,14,15)(H,18,19). The van der Waals surface area contributed by atoms with Crippen molar-refractivity contribution in [3.8, 4) is 0 Å². The molecule has 1 saturated heterocycles. The van der Waals surface area contributed by atoms with Crippen LogP contribution in [0.5, 0.6) is 0 Å². The van der Waals surface area contributed by atoms with Crippen LogP contribution in [0, 0.1) is 5.92 Å². The molecule has 0 spiro atoms. The Balaban J connectivity index is 1.89. The van der Waals surface area contributed by atoms with Gasteiger partial charge in [0.25, 0.3) is 5.91 Å². The van der Waals surface area contributed by atoms with Gasteiger partial charge in [-0.3, -0.25) is 14.7 Å². The summed E-state index contributed by atoms with van der Waals surface area (Å²) in [5.74, 6) is -1.42. The van der Waals surface area contributed by atoms with E-state index in [-0.39, 0.29) is 12.5 Å². The summed E-state index contributed by atoms with van der Waals surface area (Å²) in [5, 5.41) is 16.5. The topological polar surface area (TPSA) is 86.3 Å². The molecule has 6 heteroatoms. The molecule has 2 N–H and O–H groups in total. The van der Waals surface area contributed by atoms with Crippen LogP contribution in [0.15, 0.2) is 24.4 Å². The highest BCUT2D eigenvalue weighted by atomic mass is 16.4. The van der Waals surface area contributed by atoms with Crippen molar-refractivity contribution in [2.24, 2.45) is 5.92 Å². The van der Waals surface area contributed by atoms with E-state index in [2.05, 4.69) is 10.2 Å². The second kappa shape index (κ2) is 4.38. The molecule has 0 aliphatic carbocycles. The maximum atomic E-state index is 12.4. The van der Waals surface area contributed by atoms with E-state index in [0.717, 1.165) is 10.9 Å². The van der Waals surface area contributed by atoms with Crippen LogP contribution in [0.3, 0.4) is 0 Å². The average molecular weight is 259 g/mol. The molecule has 3 rings (SSSR count). The van der Waals surface area contributed by atoms with Gasteiger partial charge in [-0.1, -0.05) is 6.07 Å². The van der Waals surface area contributed by atoms with Gasteiger partial charge in [-0.25, -0.2) is 0 Å². The molecule has 1 aliphatic heterocycles. The number of rotatable bonds is 2. The van der Waals surface area contributed by atoms with E-state index in [1.54, 1.807) is 23.2 Å². The van der Waals surface area contributed by atoms with Crippen molar-refractivity contribution in [1.82, 2.24) is 15.1 Å². The summed E-state index contributed by atoms with van der Waals surface area (Å²) in [6, 6.07) is 5.38. The smallest absolute Gasteiger partial charge is 0.308 e. The molecule has 6 nitrogen and oxygen atoms in total. The Bertz CT molecular complexity index is 649. The van der Waals surface area contributed by atoms with Crippen LogP contribution >= 0.6 is 0 Å². The minimum atomic E-state index is -0.836. The molecule has 1 aliphatic rings. The third kappa shape index (κ3) is 1.95. The summed E-state index contributed by atoms with van der Waals surface area (Å²) >= 11 is 0. The lowest BCUT2D eigenvalue weighted by Gasteiger charge is -2.16. The molecule has 0 radical (unpaired) electrons. The van der Waals surface area contributed by atoms with Crippen molar-refractivity contribution in [3.63, 3.8) is 0 Å². The molecule has 2 heterocycles. The first-order valence-corrected chi connectivity index (χ1v) is 6.11. The quantitative estimate of drug-likeness (QED) is 0.845. The number of amides is 1. The Morgan fingerprint density at radius 3 is 3.00 bits per heavy atom. The highest BCUT2D eigenvalue weighted by Gasteiger charge is 2.31. The Morgan fingerprint density at radius 2 is 2.26 bits per heavy atom. The molecular weight excluding hydrogens is 246 g/mol. The fraction of sp³-hybridized carbons (Fsp3) is 0.308. The van der Waals surface area contributed by atoms with E-state index in [1.165, 1.54) is 0 Å². The zero-order valence-corrected chi connectivity index (χ0v) is 10.2. The molecule has 0 saturated carbocycles. The summed E-state index contributed by atoms with van der Waals surface area (Å²) in [6.07, 6.45) is 2.13. The number of carboxylic acids is 1. The fourth-order valence-electron chi connectivity index (χ4n) is 2.47.